The molecule has 2 aliphatic rings. The summed E-state index contributed by atoms with van der Waals surface area (Å²) in [4.78, 5) is 31.0. The van der Waals surface area contributed by atoms with Crippen molar-refractivity contribution >= 4 is 16.7 Å². The van der Waals surface area contributed by atoms with Crippen molar-refractivity contribution in [2.45, 2.75) is 31.2 Å². The van der Waals surface area contributed by atoms with Crippen LogP contribution in [0.15, 0.2) is 53.6 Å². The number of hydrogen-bond acceptors (Lipinski definition) is 6. The number of amides is 1. The van der Waals surface area contributed by atoms with Gasteiger partial charge >= 0.3 is 0 Å². The Labute approximate surface area is 180 Å². The van der Waals surface area contributed by atoms with Crippen LogP contribution in [0.4, 0.5) is 0 Å². The van der Waals surface area contributed by atoms with Crippen molar-refractivity contribution in [3.8, 4) is 0 Å². The Morgan fingerprint density at radius 3 is 2.58 bits per heavy atom. The number of hydrogen-bond donors (Lipinski definition) is 3. The smallest absolute Gasteiger partial charge is 0.272 e. The number of nitrogens with zero attached hydrogens (tertiary/aromatic N) is 3. The van der Waals surface area contributed by atoms with E-state index in [9.17, 15) is 9.59 Å². The summed E-state index contributed by atoms with van der Waals surface area (Å²) < 4.78 is 0. The number of carbonyl (C=O) groups is 1. The van der Waals surface area contributed by atoms with Gasteiger partial charge < -0.3 is 4.90 Å². The minimum absolute atomic E-state index is 0.0614. The molecule has 0 spiro atoms. The van der Waals surface area contributed by atoms with Gasteiger partial charge in [0.05, 0.1) is 17.5 Å². The molecular formula is C23H26N6O2. The summed E-state index contributed by atoms with van der Waals surface area (Å²) in [5, 5.41) is 7.99. The molecule has 4 heterocycles. The summed E-state index contributed by atoms with van der Waals surface area (Å²) in [5.41, 5.74) is 8.48. The highest BCUT2D eigenvalue weighted by atomic mass is 16.2. The van der Waals surface area contributed by atoms with E-state index in [1.54, 1.807) is 6.07 Å². The number of pyridine rings is 1. The van der Waals surface area contributed by atoms with Crippen LogP contribution < -0.4 is 16.4 Å². The lowest BCUT2D eigenvalue weighted by Gasteiger charge is -2.36. The second-order valence-corrected chi connectivity index (χ2v) is 8.38. The first kappa shape index (κ1) is 19.8. The Balaban J connectivity index is 1.23. The van der Waals surface area contributed by atoms with E-state index >= 15 is 0 Å². The molecule has 0 saturated carbocycles. The molecule has 8 heteroatoms. The lowest BCUT2D eigenvalue weighted by molar-refractivity contribution is -0.132. The molecule has 1 aromatic carbocycles. The third kappa shape index (κ3) is 3.96. The van der Waals surface area contributed by atoms with Crippen LogP contribution in [-0.4, -0.2) is 51.7 Å². The van der Waals surface area contributed by atoms with Crippen LogP contribution in [0.3, 0.4) is 0 Å². The van der Waals surface area contributed by atoms with Gasteiger partial charge in [0, 0.05) is 49.4 Å². The summed E-state index contributed by atoms with van der Waals surface area (Å²) >= 11 is 0. The van der Waals surface area contributed by atoms with E-state index in [1.165, 1.54) is 5.56 Å². The van der Waals surface area contributed by atoms with Gasteiger partial charge in [-0.1, -0.05) is 18.2 Å². The summed E-state index contributed by atoms with van der Waals surface area (Å²) in [6.07, 6.45) is 5.82. The molecule has 3 N–H and O–H groups in total. The average Bonchev–Trinajstić information content (AvgIpc) is 3.32. The zero-order chi connectivity index (χ0) is 21.2. The highest BCUT2D eigenvalue weighted by Gasteiger charge is 2.36. The minimum Gasteiger partial charge on any atom is -0.342 e. The van der Waals surface area contributed by atoms with Crippen LogP contribution in [0.5, 0.6) is 0 Å². The normalized spacial score (nSPS) is 22.1. The lowest BCUT2D eigenvalue weighted by atomic mass is 9.80. The van der Waals surface area contributed by atoms with E-state index < -0.39 is 0 Å². The molecule has 2 aromatic heterocycles. The van der Waals surface area contributed by atoms with Gasteiger partial charge in [0.1, 0.15) is 0 Å². The van der Waals surface area contributed by atoms with Gasteiger partial charge in [0.15, 0.2) is 0 Å². The van der Waals surface area contributed by atoms with Gasteiger partial charge in [-0.25, -0.2) is 5.10 Å². The maximum Gasteiger partial charge on any atom is 0.272 e. The quantitative estimate of drug-likeness (QED) is 0.591. The molecule has 31 heavy (non-hydrogen) atoms. The van der Waals surface area contributed by atoms with E-state index in [1.807, 2.05) is 35.5 Å². The van der Waals surface area contributed by atoms with Crippen LogP contribution in [0.1, 0.15) is 30.0 Å². The molecule has 160 valence electrons. The molecule has 0 bridgehead atoms. The number of piperidine rings is 1. The fourth-order valence-electron chi connectivity index (χ4n) is 4.97. The van der Waals surface area contributed by atoms with Crippen LogP contribution in [-0.2, 0) is 11.2 Å². The van der Waals surface area contributed by atoms with E-state index in [0.717, 1.165) is 37.9 Å². The fraction of sp³-hybridized carbons (Fsp3) is 0.391. The Bertz CT molecular complexity index is 1120. The van der Waals surface area contributed by atoms with Crippen molar-refractivity contribution in [1.82, 2.24) is 30.9 Å². The second-order valence-electron chi connectivity index (χ2n) is 8.38. The highest BCUT2D eigenvalue weighted by Crippen LogP contribution is 2.32. The van der Waals surface area contributed by atoms with Gasteiger partial charge in [0.2, 0.25) is 5.91 Å². The molecule has 1 amide bonds. The number of hydrazine groups is 1. The Morgan fingerprint density at radius 2 is 1.81 bits per heavy atom. The predicted octanol–water partition coefficient (Wildman–Crippen LogP) is 1.36. The topological polar surface area (TPSA) is 103 Å². The molecule has 2 atom stereocenters. The zero-order valence-electron chi connectivity index (χ0n) is 17.3. The van der Waals surface area contributed by atoms with Gasteiger partial charge in [-0.2, -0.15) is 5.10 Å². The maximum atomic E-state index is 13.0. The maximum absolute atomic E-state index is 13.0. The number of aromatic amines is 1. The fourth-order valence-corrected chi connectivity index (χ4v) is 4.97. The minimum atomic E-state index is -0.228. The van der Waals surface area contributed by atoms with Crippen molar-refractivity contribution in [2.24, 2.45) is 5.92 Å². The molecule has 2 fully saturated rings. The summed E-state index contributed by atoms with van der Waals surface area (Å²) in [6, 6.07) is 11.8. The molecular weight excluding hydrogens is 392 g/mol. The predicted molar refractivity (Wildman–Crippen MR) is 117 cm³/mol. The molecule has 0 radical (unpaired) electrons. The second kappa shape index (κ2) is 8.56. The number of benzene rings is 1. The van der Waals surface area contributed by atoms with Gasteiger partial charge in [-0.3, -0.25) is 25.4 Å². The van der Waals surface area contributed by atoms with E-state index in [0.29, 0.717) is 29.0 Å². The zero-order valence-corrected chi connectivity index (χ0v) is 17.3. The number of aromatic nitrogens is 3. The SMILES string of the molecule is O=C(Cc1n[nH]c(=O)c2ccccc12)N1CCC(C2NNCC2c2ccncc2)CC1. The Kier molecular flexibility index (Phi) is 5.48. The molecule has 3 aromatic rings. The molecule has 2 unspecified atom stereocenters. The summed E-state index contributed by atoms with van der Waals surface area (Å²) in [5.74, 6) is 0.975. The van der Waals surface area contributed by atoms with Crippen molar-refractivity contribution in [2.75, 3.05) is 19.6 Å². The number of carbonyl (C=O) groups excluding carboxylic acids is 1. The average molecular weight is 419 g/mol. The first-order chi connectivity index (χ1) is 15.2. The van der Waals surface area contributed by atoms with Crippen molar-refractivity contribution < 1.29 is 4.79 Å². The van der Waals surface area contributed by atoms with Crippen LogP contribution >= 0.6 is 0 Å². The standard InChI is InChI=1S/C23H26N6O2/c30-21(13-20-17-3-1-2-4-18(17)23(31)28-26-20)29-11-7-16(8-12-29)22-19(14-25-27-22)15-5-9-24-10-6-15/h1-6,9-10,16,19,22,25,27H,7-8,11-14H2,(H,28,31). The van der Waals surface area contributed by atoms with E-state index in [2.05, 4.69) is 38.2 Å². The van der Waals surface area contributed by atoms with Gasteiger partial charge in [-0.15, -0.1) is 0 Å². The number of H-pyrrole nitrogens is 1. The summed E-state index contributed by atoms with van der Waals surface area (Å²) in [7, 11) is 0. The monoisotopic (exact) mass is 418 g/mol. The Morgan fingerprint density at radius 1 is 1.06 bits per heavy atom. The lowest BCUT2D eigenvalue weighted by Crippen LogP contribution is -2.46. The van der Waals surface area contributed by atoms with Crippen LogP contribution in [0.25, 0.3) is 10.8 Å². The van der Waals surface area contributed by atoms with Gasteiger partial charge in [0.25, 0.3) is 5.56 Å². The van der Waals surface area contributed by atoms with E-state index in [-0.39, 0.29) is 17.9 Å². The molecule has 0 aliphatic carbocycles. The first-order valence-electron chi connectivity index (χ1n) is 10.8. The van der Waals surface area contributed by atoms with Crippen LogP contribution in [0, 0.1) is 5.92 Å². The number of rotatable bonds is 4. The first-order valence-corrected chi connectivity index (χ1v) is 10.8. The van der Waals surface area contributed by atoms with Crippen molar-refractivity contribution in [1.29, 1.82) is 0 Å². The third-order valence-electron chi connectivity index (χ3n) is 6.65. The van der Waals surface area contributed by atoms with Crippen molar-refractivity contribution in [3.63, 3.8) is 0 Å². The number of fused-ring (bicyclic) bond motifs is 1. The number of nitrogens with one attached hydrogen (secondary N) is 3. The highest BCUT2D eigenvalue weighted by molar-refractivity contribution is 5.88. The molecule has 2 saturated heterocycles. The van der Waals surface area contributed by atoms with E-state index in [4.69, 9.17) is 0 Å². The third-order valence-corrected chi connectivity index (χ3v) is 6.65. The molecule has 5 rings (SSSR count). The molecule has 2 aliphatic heterocycles. The van der Waals surface area contributed by atoms with Crippen molar-refractivity contribution in [3.05, 3.63) is 70.4 Å². The largest absolute Gasteiger partial charge is 0.342 e. The van der Waals surface area contributed by atoms with Crippen LogP contribution in [0.2, 0.25) is 0 Å². The Hall–Kier alpha value is -3.10. The van der Waals surface area contributed by atoms with Gasteiger partial charge in [-0.05, 0) is 42.5 Å². The number of likely N-dealkylation sites (tertiary alicyclic amines) is 1. The summed E-state index contributed by atoms with van der Waals surface area (Å²) in [6.45, 7) is 2.39. The molecule has 8 nitrogen and oxygen atoms in total.